The molecule has 0 aromatic heterocycles. The summed E-state index contributed by atoms with van der Waals surface area (Å²) >= 11 is 0. The molecule has 0 bridgehead atoms. The van der Waals surface area contributed by atoms with Crippen molar-refractivity contribution in [1.82, 2.24) is 5.32 Å². The standard InChI is InChI=1S/C18H20N2O5/c1-13-6-2-5-9-17(13)25-12-15(21)11-19-18(22)10-14-7-3-4-8-16(14)20(23)24/h2-9,15,21H,10-12H2,1H3,(H,19,22). The number of hydrogen-bond donors (Lipinski definition) is 2. The van der Waals surface area contributed by atoms with Gasteiger partial charge in [0.25, 0.3) is 5.69 Å². The number of nitrogens with one attached hydrogen (secondary N) is 1. The van der Waals surface area contributed by atoms with E-state index < -0.39 is 16.9 Å². The van der Waals surface area contributed by atoms with Crippen LogP contribution in [0.5, 0.6) is 5.75 Å². The van der Waals surface area contributed by atoms with E-state index in [1.165, 1.54) is 12.1 Å². The first-order valence-corrected chi connectivity index (χ1v) is 7.83. The van der Waals surface area contributed by atoms with Crippen LogP contribution in [0.15, 0.2) is 48.5 Å². The summed E-state index contributed by atoms with van der Waals surface area (Å²) in [7, 11) is 0. The number of carbonyl (C=O) groups excluding carboxylic acids is 1. The van der Waals surface area contributed by atoms with Crippen LogP contribution >= 0.6 is 0 Å². The fraction of sp³-hybridized carbons (Fsp3) is 0.278. The number of hydrogen-bond acceptors (Lipinski definition) is 5. The van der Waals surface area contributed by atoms with E-state index in [1.54, 1.807) is 18.2 Å². The van der Waals surface area contributed by atoms with E-state index in [0.717, 1.165) is 5.56 Å². The number of amides is 1. The number of aryl methyl sites for hydroxylation is 1. The van der Waals surface area contributed by atoms with E-state index in [0.29, 0.717) is 11.3 Å². The minimum absolute atomic E-state index is 0.00530. The second-order valence-electron chi connectivity index (χ2n) is 5.60. The molecule has 7 heteroatoms. The number of aliphatic hydroxyl groups excluding tert-OH is 1. The van der Waals surface area contributed by atoms with Gasteiger partial charge in [0.05, 0.1) is 11.3 Å². The fourth-order valence-corrected chi connectivity index (χ4v) is 2.27. The molecule has 0 fully saturated rings. The van der Waals surface area contributed by atoms with Crippen LogP contribution in [0.3, 0.4) is 0 Å². The number of para-hydroxylation sites is 2. The lowest BCUT2D eigenvalue weighted by atomic mass is 10.1. The fourth-order valence-electron chi connectivity index (χ4n) is 2.27. The van der Waals surface area contributed by atoms with Crippen molar-refractivity contribution in [3.63, 3.8) is 0 Å². The largest absolute Gasteiger partial charge is 0.491 e. The van der Waals surface area contributed by atoms with E-state index >= 15 is 0 Å². The van der Waals surface area contributed by atoms with Gasteiger partial charge in [0.15, 0.2) is 0 Å². The molecule has 0 spiro atoms. The highest BCUT2D eigenvalue weighted by molar-refractivity contribution is 5.79. The normalized spacial score (nSPS) is 11.6. The molecule has 0 saturated heterocycles. The molecular formula is C18H20N2O5. The molecule has 1 atom stereocenters. The molecule has 0 saturated carbocycles. The van der Waals surface area contributed by atoms with Crippen molar-refractivity contribution < 1.29 is 19.6 Å². The van der Waals surface area contributed by atoms with Crippen molar-refractivity contribution in [2.75, 3.05) is 13.2 Å². The molecule has 25 heavy (non-hydrogen) atoms. The van der Waals surface area contributed by atoms with E-state index in [2.05, 4.69) is 5.32 Å². The zero-order valence-corrected chi connectivity index (χ0v) is 13.8. The lowest BCUT2D eigenvalue weighted by molar-refractivity contribution is -0.385. The van der Waals surface area contributed by atoms with E-state index in [1.807, 2.05) is 25.1 Å². The van der Waals surface area contributed by atoms with Crippen LogP contribution < -0.4 is 10.1 Å². The highest BCUT2D eigenvalue weighted by Gasteiger charge is 2.16. The van der Waals surface area contributed by atoms with Gasteiger partial charge in [-0.05, 0) is 18.6 Å². The third-order valence-corrected chi connectivity index (χ3v) is 3.60. The Labute approximate surface area is 145 Å². The van der Waals surface area contributed by atoms with Gasteiger partial charge in [-0.15, -0.1) is 0 Å². The van der Waals surface area contributed by atoms with Gasteiger partial charge in [-0.2, -0.15) is 0 Å². The zero-order chi connectivity index (χ0) is 18.2. The van der Waals surface area contributed by atoms with Crippen LogP contribution in [0.2, 0.25) is 0 Å². The Morgan fingerprint density at radius 1 is 1.24 bits per heavy atom. The first kappa shape index (κ1) is 18.4. The Morgan fingerprint density at radius 2 is 1.92 bits per heavy atom. The molecule has 0 heterocycles. The maximum atomic E-state index is 11.9. The summed E-state index contributed by atoms with van der Waals surface area (Å²) in [6.07, 6.45) is -1.00. The quantitative estimate of drug-likeness (QED) is 0.563. The lowest BCUT2D eigenvalue weighted by Gasteiger charge is -2.14. The molecule has 132 valence electrons. The Bertz CT molecular complexity index is 748. The molecule has 2 N–H and O–H groups in total. The summed E-state index contributed by atoms with van der Waals surface area (Å²) in [5.74, 6) is 0.275. The van der Waals surface area contributed by atoms with Crippen molar-refractivity contribution in [2.45, 2.75) is 19.4 Å². The van der Waals surface area contributed by atoms with Gasteiger partial charge in [0, 0.05) is 18.2 Å². The molecule has 1 amide bonds. The number of aliphatic hydroxyl groups is 1. The Hall–Kier alpha value is -2.93. The van der Waals surface area contributed by atoms with E-state index in [-0.39, 0.29) is 25.3 Å². The molecule has 0 aliphatic carbocycles. The smallest absolute Gasteiger partial charge is 0.273 e. The zero-order valence-electron chi connectivity index (χ0n) is 13.8. The number of carbonyl (C=O) groups is 1. The minimum atomic E-state index is -0.880. The van der Waals surface area contributed by atoms with Crippen molar-refractivity contribution in [2.24, 2.45) is 0 Å². The second kappa shape index (κ2) is 8.79. The van der Waals surface area contributed by atoms with Gasteiger partial charge in [-0.25, -0.2) is 0 Å². The maximum absolute atomic E-state index is 11.9. The third kappa shape index (κ3) is 5.58. The van der Waals surface area contributed by atoms with E-state index in [9.17, 15) is 20.0 Å². The Morgan fingerprint density at radius 3 is 2.64 bits per heavy atom. The topological polar surface area (TPSA) is 102 Å². The molecule has 2 aromatic carbocycles. The highest BCUT2D eigenvalue weighted by Crippen LogP contribution is 2.18. The minimum Gasteiger partial charge on any atom is -0.491 e. The molecular weight excluding hydrogens is 324 g/mol. The summed E-state index contributed by atoms with van der Waals surface area (Å²) < 4.78 is 5.51. The van der Waals surface area contributed by atoms with Gasteiger partial charge in [-0.3, -0.25) is 14.9 Å². The monoisotopic (exact) mass is 344 g/mol. The molecule has 2 aromatic rings. The van der Waals surface area contributed by atoms with Crippen molar-refractivity contribution in [3.05, 3.63) is 69.8 Å². The van der Waals surface area contributed by atoms with Crippen LogP contribution in [0.25, 0.3) is 0 Å². The SMILES string of the molecule is Cc1ccccc1OCC(O)CNC(=O)Cc1ccccc1[N+](=O)[O-]. The van der Waals surface area contributed by atoms with Crippen LogP contribution in [-0.4, -0.2) is 35.2 Å². The summed E-state index contributed by atoms with van der Waals surface area (Å²) in [6.45, 7) is 1.94. The van der Waals surface area contributed by atoms with Crippen molar-refractivity contribution >= 4 is 11.6 Å². The number of nitrogens with zero attached hydrogens (tertiary/aromatic N) is 1. The summed E-state index contributed by atoms with van der Waals surface area (Å²) in [5.41, 5.74) is 1.19. The van der Waals surface area contributed by atoms with Gasteiger partial charge in [-0.1, -0.05) is 36.4 Å². The molecule has 2 rings (SSSR count). The maximum Gasteiger partial charge on any atom is 0.273 e. The predicted molar refractivity (Wildman–Crippen MR) is 92.5 cm³/mol. The van der Waals surface area contributed by atoms with Crippen LogP contribution in [-0.2, 0) is 11.2 Å². The van der Waals surface area contributed by atoms with Gasteiger partial charge in [0.1, 0.15) is 18.5 Å². The second-order valence-corrected chi connectivity index (χ2v) is 5.60. The summed E-state index contributed by atoms with van der Waals surface area (Å²) in [5, 5.41) is 23.4. The average molecular weight is 344 g/mol. The van der Waals surface area contributed by atoms with Crippen LogP contribution in [0.1, 0.15) is 11.1 Å². The number of ether oxygens (including phenoxy) is 1. The Balaban J connectivity index is 1.80. The number of benzene rings is 2. The third-order valence-electron chi connectivity index (χ3n) is 3.60. The van der Waals surface area contributed by atoms with Crippen molar-refractivity contribution in [3.8, 4) is 5.75 Å². The first-order valence-electron chi connectivity index (χ1n) is 7.83. The van der Waals surface area contributed by atoms with Gasteiger partial charge < -0.3 is 15.2 Å². The van der Waals surface area contributed by atoms with E-state index in [4.69, 9.17) is 4.74 Å². The number of nitro groups is 1. The van der Waals surface area contributed by atoms with Crippen LogP contribution in [0, 0.1) is 17.0 Å². The van der Waals surface area contributed by atoms with Gasteiger partial charge >= 0.3 is 0 Å². The molecule has 1 unspecified atom stereocenters. The molecule has 0 radical (unpaired) electrons. The predicted octanol–water partition coefficient (Wildman–Crippen LogP) is 2.00. The molecule has 0 aliphatic rings. The van der Waals surface area contributed by atoms with Gasteiger partial charge in [0.2, 0.25) is 5.91 Å². The Kier molecular flexibility index (Phi) is 6.47. The summed E-state index contributed by atoms with van der Waals surface area (Å²) in [6, 6.07) is 13.5. The van der Waals surface area contributed by atoms with Crippen molar-refractivity contribution in [1.29, 1.82) is 0 Å². The highest BCUT2D eigenvalue weighted by atomic mass is 16.6. The molecule has 7 nitrogen and oxygen atoms in total. The number of rotatable bonds is 8. The molecule has 0 aliphatic heterocycles. The lowest BCUT2D eigenvalue weighted by Crippen LogP contribution is -2.36. The summed E-state index contributed by atoms with van der Waals surface area (Å²) in [4.78, 5) is 22.3. The first-order chi connectivity index (χ1) is 12.0. The average Bonchev–Trinajstić information content (AvgIpc) is 2.59. The van der Waals surface area contributed by atoms with Crippen LogP contribution in [0.4, 0.5) is 5.69 Å². The number of nitro benzene ring substituents is 1.